The summed E-state index contributed by atoms with van der Waals surface area (Å²) in [5.74, 6) is 0.972. The first-order valence-electron chi connectivity index (χ1n) is 7.50. The summed E-state index contributed by atoms with van der Waals surface area (Å²) < 4.78 is 1.78. The number of hydrogen-bond acceptors (Lipinski definition) is 5. The molecule has 2 saturated heterocycles. The maximum absolute atomic E-state index is 4.09. The van der Waals surface area contributed by atoms with E-state index in [0.717, 1.165) is 18.4 Å². The number of hydrogen-bond donors (Lipinski definition) is 0. The Labute approximate surface area is 114 Å². The summed E-state index contributed by atoms with van der Waals surface area (Å²) in [5, 5.41) is 11.7. The molecule has 0 bridgehead atoms. The highest BCUT2D eigenvalue weighted by molar-refractivity contribution is 4.84. The SMILES string of the molecule is Cn1nnnc1CN1CCCC(N2CCCC2)CC1. The lowest BCUT2D eigenvalue weighted by Gasteiger charge is -2.26. The van der Waals surface area contributed by atoms with Crippen LogP contribution in [0.3, 0.4) is 0 Å². The molecule has 6 nitrogen and oxygen atoms in total. The number of aryl methyl sites for hydroxylation is 1. The van der Waals surface area contributed by atoms with Crippen LogP contribution in [0.5, 0.6) is 0 Å². The van der Waals surface area contributed by atoms with Crippen molar-refractivity contribution in [3.8, 4) is 0 Å². The molecule has 0 spiro atoms. The van der Waals surface area contributed by atoms with Gasteiger partial charge in [-0.15, -0.1) is 5.10 Å². The Morgan fingerprint density at radius 1 is 1.05 bits per heavy atom. The van der Waals surface area contributed by atoms with E-state index in [0.29, 0.717) is 0 Å². The fourth-order valence-electron chi connectivity index (χ4n) is 3.35. The molecular weight excluding hydrogens is 240 g/mol. The third kappa shape index (κ3) is 3.12. The van der Waals surface area contributed by atoms with Gasteiger partial charge in [0.2, 0.25) is 0 Å². The maximum Gasteiger partial charge on any atom is 0.164 e. The van der Waals surface area contributed by atoms with Gasteiger partial charge in [0.1, 0.15) is 0 Å². The summed E-state index contributed by atoms with van der Waals surface area (Å²) >= 11 is 0. The zero-order chi connectivity index (χ0) is 13.1. The molecular formula is C13H24N6. The maximum atomic E-state index is 4.09. The van der Waals surface area contributed by atoms with E-state index in [1.165, 1.54) is 58.3 Å². The molecule has 0 aromatic carbocycles. The van der Waals surface area contributed by atoms with Crippen LogP contribution in [0.4, 0.5) is 0 Å². The molecule has 0 aliphatic carbocycles. The summed E-state index contributed by atoms with van der Waals surface area (Å²) in [6.07, 6.45) is 6.74. The minimum Gasteiger partial charge on any atom is -0.300 e. The monoisotopic (exact) mass is 264 g/mol. The summed E-state index contributed by atoms with van der Waals surface area (Å²) in [5.41, 5.74) is 0. The molecule has 3 rings (SSSR count). The number of likely N-dealkylation sites (tertiary alicyclic amines) is 2. The van der Waals surface area contributed by atoms with Crippen LogP contribution in [0.15, 0.2) is 0 Å². The van der Waals surface area contributed by atoms with Gasteiger partial charge in [0.15, 0.2) is 5.82 Å². The second kappa shape index (κ2) is 5.96. The van der Waals surface area contributed by atoms with Crippen molar-refractivity contribution in [1.29, 1.82) is 0 Å². The van der Waals surface area contributed by atoms with Crippen molar-refractivity contribution >= 4 is 0 Å². The Morgan fingerprint density at radius 2 is 1.89 bits per heavy atom. The first kappa shape index (κ1) is 13.0. The number of nitrogens with zero attached hydrogens (tertiary/aromatic N) is 6. The topological polar surface area (TPSA) is 50.1 Å². The largest absolute Gasteiger partial charge is 0.300 e. The zero-order valence-electron chi connectivity index (χ0n) is 11.8. The van der Waals surface area contributed by atoms with Crippen molar-refractivity contribution < 1.29 is 0 Å². The van der Waals surface area contributed by atoms with Gasteiger partial charge in [-0.2, -0.15) is 0 Å². The van der Waals surface area contributed by atoms with Crippen LogP contribution >= 0.6 is 0 Å². The molecule has 0 saturated carbocycles. The van der Waals surface area contributed by atoms with Gasteiger partial charge >= 0.3 is 0 Å². The van der Waals surface area contributed by atoms with Crippen molar-refractivity contribution in [2.75, 3.05) is 26.2 Å². The molecule has 106 valence electrons. The third-order valence-electron chi connectivity index (χ3n) is 4.52. The standard InChI is InChI=1S/C13H24N6/c1-17-13(14-15-16-17)11-18-7-4-5-12(6-10-18)19-8-2-3-9-19/h12H,2-11H2,1H3. The fraction of sp³-hybridized carbons (Fsp3) is 0.923. The normalized spacial score (nSPS) is 26.7. The quantitative estimate of drug-likeness (QED) is 0.803. The van der Waals surface area contributed by atoms with Crippen LogP contribution in [0.2, 0.25) is 0 Å². The number of rotatable bonds is 3. The van der Waals surface area contributed by atoms with E-state index in [1.54, 1.807) is 4.68 Å². The van der Waals surface area contributed by atoms with E-state index < -0.39 is 0 Å². The third-order valence-corrected chi connectivity index (χ3v) is 4.52. The predicted molar refractivity (Wildman–Crippen MR) is 72.5 cm³/mol. The van der Waals surface area contributed by atoms with Crippen LogP contribution in [0.25, 0.3) is 0 Å². The van der Waals surface area contributed by atoms with Crippen molar-refractivity contribution in [2.24, 2.45) is 7.05 Å². The van der Waals surface area contributed by atoms with E-state index >= 15 is 0 Å². The molecule has 2 aliphatic rings. The highest BCUT2D eigenvalue weighted by Crippen LogP contribution is 2.21. The highest BCUT2D eigenvalue weighted by atomic mass is 15.5. The molecule has 3 heterocycles. The lowest BCUT2D eigenvalue weighted by atomic mass is 10.1. The predicted octanol–water partition coefficient (Wildman–Crippen LogP) is 0.660. The highest BCUT2D eigenvalue weighted by Gasteiger charge is 2.25. The van der Waals surface area contributed by atoms with Gasteiger partial charge in [-0.3, -0.25) is 4.90 Å². The van der Waals surface area contributed by atoms with E-state index in [9.17, 15) is 0 Å². The summed E-state index contributed by atoms with van der Waals surface area (Å²) in [4.78, 5) is 5.20. The molecule has 0 radical (unpaired) electrons. The van der Waals surface area contributed by atoms with Gasteiger partial charge in [0, 0.05) is 19.6 Å². The zero-order valence-corrected chi connectivity index (χ0v) is 11.8. The van der Waals surface area contributed by atoms with Gasteiger partial charge in [-0.05, 0) is 62.2 Å². The Morgan fingerprint density at radius 3 is 2.63 bits per heavy atom. The molecule has 0 N–H and O–H groups in total. The van der Waals surface area contributed by atoms with E-state index in [2.05, 4.69) is 25.3 Å². The first-order valence-corrected chi connectivity index (χ1v) is 7.50. The van der Waals surface area contributed by atoms with Gasteiger partial charge in [0.25, 0.3) is 0 Å². The Bertz CT molecular complexity index is 398. The minimum absolute atomic E-state index is 0.810. The smallest absolute Gasteiger partial charge is 0.164 e. The van der Waals surface area contributed by atoms with Crippen molar-refractivity contribution in [1.82, 2.24) is 30.0 Å². The number of aromatic nitrogens is 4. The lowest BCUT2D eigenvalue weighted by Crippen LogP contribution is -2.33. The van der Waals surface area contributed by atoms with Crippen LogP contribution in [-0.2, 0) is 13.6 Å². The molecule has 0 amide bonds. The molecule has 1 aromatic rings. The van der Waals surface area contributed by atoms with Crippen LogP contribution in [0.1, 0.15) is 37.9 Å². The van der Waals surface area contributed by atoms with E-state index in [4.69, 9.17) is 0 Å². The first-order chi connectivity index (χ1) is 9.33. The molecule has 1 aromatic heterocycles. The average Bonchev–Trinajstić information content (AvgIpc) is 3.00. The molecule has 1 atom stereocenters. The van der Waals surface area contributed by atoms with Crippen molar-refractivity contribution in [3.63, 3.8) is 0 Å². The van der Waals surface area contributed by atoms with Gasteiger partial charge in [0.05, 0.1) is 6.54 Å². The summed E-state index contributed by atoms with van der Waals surface area (Å²) in [7, 11) is 1.92. The Kier molecular flexibility index (Phi) is 4.08. The van der Waals surface area contributed by atoms with Gasteiger partial charge in [-0.25, -0.2) is 4.68 Å². The van der Waals surface area contributed by atoms with Crippen LogP contribution in [0, 0.1) is 0 Å². The van der Waals surface area contributed by atoms with Crippen molar-refractivity contribution in [3.05, 3.63) is 5.82 Å². The Balaban J connectivity index is 1.54. The lowest BCUT2D eigenvalue weighted by molar-refractivity contribution is 0.211. The minimum atomic E-state index is 0.810. The van der Waals surface area contributed by atoms with Crippen LogP contribution < -0.4 is 0 Å². The van der Waals surface area contributed by atoms with Gasteiger partial charge < -0.3 is 4.90 Å². The second-order valence-electron chi connectivity index (χ2n) is 5.82. The van der Waals surface area contributed by atoms with E-state index in [1.807, 2.05) is 7.05 Å². The number of tetrazole rings is 1. The van der Waals surface area contributed by atoms with E-state index in [-0.39, 0.29) is 0 Å². The molecule has 1 unspecified atom stereocenters. The molecule has 6 heteroatoms. The van der Waals surface area contributed by atoms with Crippen molar-refractivity contribution in [2.45, 2.75) is 44.7 Å². The summed E-state index contributed by atoms with van der Waals surface area (Å²) in [6, 6.07) is 0.810. The molecule has 2 aliphatic heterocycles. The molecule has 2 fully saturated rings. The summed E-state index contributed by atoms with van der Waals surface area (Å²) in [6.45, 7) is 5.87. The molecule has 19 heavy (non-hydrogen) atoms. The van der Waals surface area contributed by atoms with Gasteiger partial charge in [-0.1, -0.05) is 0 Å². The second-order valence-corrected chi connectivity index (χ2v) is 5.82. The van der Waals surface area contributed by atoms with Crippen LogP contribution in [-0.4, -0.2) is 62.2 Å². The average molecular weight is 264 g/mol. The fourth-order valence-corrected chi connectivity index (χ4v) is 3.35. The Hall–Kier alpha value is -1.01.